The molecule has 0 aromatic carbocycles. The van der Waals surface area contributed by atoms with Crippen molar-refractivity contribution < 1.29 is 24.2 Å². The normalized spacial score (nSPS) is 12.7. The second-order valence-electron chi connectivity index (χ2n) is 12.6. The van der Waals surface area contributed by atoms with Crippen LogP contribution in [0, 0.1) is 0 Å². The van der Waals surface area contributed by atoms with Gasteiger partial charge in [0.1, 0.15) is 6.61 Å². The second kappa shape index (κ2) is 37.3. The molecule has 1 N–H and O–H groups in total. The Bertz CT molecular complexity index is 782. The largest absolute Gasteiger partial charge is 0.462 e. The molecular weight excluding hydrogens is 572 g/mol. The summed E-state index contributed by atoms with van der Waals surface area (Å²) in [6.45, 7) is 4.06. The van der Waals surface area contributed by atoms with Crippen LogP contribution in [-0.4, -0.2) is 36.4 Å². The van der Waals surface area contributed by atoms with Crippen LogP contribution >= 0.6 is 0 Å². The molecule has 0 heterocycles. The van der Waals surface area contributed by atoms with Crippen LogP contribution in [0.4, 0.5) is 0 Å². The van der Waals surface area contributed by atoms with Crippen molar-refractivity contribution in [2.75, 3.05) is 13.2 Å². The zero-order valence-electron chi connectivity index (χ0n) is 30.1. The van der Waals surface area contributed by atoms with Gasteiger partial charge in [0.2, 0.25) is 0 Å². The maximum absolute atomic E-state index is 12.1. The first-order chi connectivity index (χ1) is 22.6. The summed E-state index contributed by atoms with van der Waals surface area (Å²) in [5, 5.41) is 9.53. The van der Waals surface area contributed by atoms with Gasteiger partial charge in [-0.15, -0.1) is 0 Å². The van der Waals surface area contributed by atoms with Crippen molar-refractivity contribution in [1.29, 1.82) is 0 Å². The maximum atomic E-state index is 12.1. The van der Waals surface area contributed by atoms with E-state index < -0.39 is 6.10 Å². The summed E-state index contributed by atoms with van der Waals surface area (Å²) in [4.78, 5) is 24.2. The molecule has 0 saturated carbocycles. The van der Waals surface area contributed by atoms with Crippen LogP contribution in [0.2, 0.25) is 0 Å². The van der Waals surface area contributed by atoms with E-state index in [0.29, 0.717) is 19.3 Å². The number of aliphatic hydroxyl groups is 1. The van der Waals surface area contributed by atoms with Gasteiger partial charge in [-0.3, -0.25) is 9.59 Å². The predicted molar refractivity (Wildman–Crippen MR) is 196 cm³/mol. The van der Waals surface area contributed by atoms with Crippen molar-refractivity contribution in [3.05, 3.63) is 48.6 Å². The summed E-state index contributed by atoms with van der Waals surface area (Å²) in [7, 11) is 0. The summed E-state index contributed by atoms with van der Waals surface area (Å²) in [5.41, 5.74) is 0. The number of allylic oxidation sites excluding steroid dienone is 8. The SMILES string of the molecule is CCCCCCCCC=CCC=CCC=CCCCC(=O)OCC(CO)OC(=O)CCCCCCCC=CCCCCCCCC. The molecule has 0 spiro atoms. The molecule has 0 aliphatic rings. The lowest BCUT2D eigenvalue weighted by Crippen LogP contribution is -2.28. The van der Waals surface area contributed by atoms with Gasteiger partial charge in [-0.1, -0.05) is 146 Å². The minimum atomic E-state index is -0.795. The number of aliphatic hydroxyl groups excluding tert-OH is 1. The number of unbranched alkanes of at least 4 members (excludes halogenated alkanes) is 18. The fourth-order valence-electron chi connectivity index (χ4n) is 5.15. The molecule has 0 saturated heterocycles. The van der Waals surface area contributed by atoms with Gasteiger partial charge < -0.3 is 14.6 Å². The Labute approximate surface area is 284 Å². The lowest BCUT2D eigenvalue weighted by molar-refractivity contribution is -0.161. The number of hydrogen-bond donors (Lipinski definition) is 1. The van der Waals surface area contributed by atoms with Gasteiger partial charge in [0.15, 0.2) is 6.10 Å². The first-order valence-corrected chi connectivity index (χ1v) is 19.2. The van der Waals surface area contributed by atoms with Gasteiger partial charge in [-0.25, -0.2) is 0 Å². The molecule has 0 bridgehead atoms. The molecule has 0 radical (unpaired) electrons. The highest BCUT2D eigenvalue weighted by atomic mass is 16.6. The van der Waals surface area contributed by atoms with E-state index in [1.165, 1.54) is 103 Å². The minimum Gasteiger partial charge on any atom is -0.462 e. The van der Waals surface area contributed by atoms with Crippen LogP contribution in [-0.2, 0) is 19.1 Å². The van der Waals surface area contributed by atoms with E-state index in [1.54, 1.807) is 0 Å². The van der Waals surface area contributed by atoms with Crippen molar-refractivity contribution in [3.8, 4) is 0 Å². The summed E-state index contributed by atoms with van der Waals surface area (Å²) in [6.07, 6.45) is 46.0. The van der Waals surface area contributed by atoms with E-state index in [4.69, 9.17) is 9.47 Å². The first-order valence-electron chi connectivity index (χ1n) is 19.2. The molecule has 0 aliphatic carbocycles. The lowest BCUT2D eigenvalue weighted by atomic mass is 10.1. The van der Waals surface area contributed by atoms with Gasteiger partial charge in [0.05, 0.1) is 6.61 Å². The molecule has 0 amide bonds. The van der Waals surface area contributed by atoms with Crippen LogP contribution in [0.1, 0.15) is 181 Å². The zero-order valence-corrected chi connectivity index (χ0v) is 30.1. The number of carbonyl (C=O) groups excluding carboxylic acids is 2. The summed E-state index contributed by atoms with van der Waals surface area (Å²) in [5.74, 6) is -0.663. The maximum Gasteiger partial charge on any atom is 0.306 e. The van der Waals surface area contributed by atoms with Gasteiger partial charge >= 0.3 is 11.9 Å². The molecule has 0 aliphatic heterocycles. The predicted octanol–water partition coefficient (Wildman–Crippen LogP) is 11.8. The highest BCUT2D eigenvalue weighted by Gasteiger charge is 2.16. The van der Waals surface area contributed by atoms with E-state index in [1.807, 2.05) is 0 Å². The van der Waals surface area contributed by atoms with Crippen molar-refractivity contribution in [1.82, 2.24) is 0 Å². The number of rotatable bonds is 34. The Kier molecular flexibility index (Phi) is 35.6. The van der Waals surface area contributed by atoms with Gasteiger partial charge in [0.25, 0.3) is 0 Å². The molecule has 266 valence electrons. The first kappa shape index (κ1) is 43.9. The molecular formula is C41H72O5. The number of esters is 2. The Morgan fingerprint density at radius 2 is 0.891 bits per heavy atom. The number of hydrogen-bond acceptors (Lipinski definition) is 5. The van der Waals surface area contributed by atoms with Crippen molar-refractivity contribution in [2.45, 2.75) is 187 Å². The van der Waals surface area contributed by atoms with Crippen LogP contribution in [0.15, 0.2) is 48.6 Å². The van der Waals surface area contributed by atoms with Crippen LogP contribution in [0.3, 0.4) is 0 Å². The molecule has 0 aromatic rings. The fourth-order valence-corrected chi connectivity index (χ4v) is 5.15. The summed E-state index contributed by atoms with van der Waals surface area (Å²) < 4.78 is 10.5. The van der Waals surface area contributed by atoms with Gasteiger partial charge in [-0.05, 0) is 70.6 Å². The third-order valence-corrected chi connectivity index (χ3v) is 8.10. The molecule has 0 aromatic heterocycles. The monoisotopic (exact) mass is 645 g/mol. The van der Waals surface area contributed by atoms with Crippen LogP contribution in [0.25, 0.3) is 0 Å². The zero-order chi connectivity index (χ0) is 33.6. The fraction of sp³-hybridized carbons (Fsp3) is 0.756. The molecule has 0 rings (SSSR count). The molecule has 5 heteroatoms. The van der Waals surface area contributed by atoms with Gasteiger partial charge in [0, 0.05) is 12.8 Å². The minimum absolute atomic E-state index is 0.0957. The Morgan fingerprint density at radius 3 is 1.39 bits per heavy atom. The van der Waals surface area contributed by atoms with E-state index in [9.17, 15) is 14.7 Å². The number of ether oxygens (including phenoxy) is 2. The molecule has 5 nitrogen and oxygen atoms in total. The summed E-state index contributed by atoms with van der Waals surface area (Å²) in [6, 6.07) is 0. The highest BCUT2D eigenvalue weighted by molar-refractivity contribution is 5.70. The third kappa shape index (κ3) is 34.7. The summed E-state index contributed by atoms with van der Waals surface area (Å²) >= 11 is 0. The van der Waals surface area contributed by atoms with Crippen LogP contribution in [0.5, 0.6) is 0 Å². The van der Waals surface area contributed by atoms with Gasteiger partial charge in [-0.2, -0.15) is 0 Å². The molecule has 1 atom stereocenters. The standard InChI is InChI=1S/C41H72O5/c1-3-5-7-9-11-13-15-17-19-20-22-23-25-27-29-31-33-35-40(43)45-38-39(37-42)46-41(44)36-34-32-30-28-26-24-21-18-16-14-12-10-8-6-4-2/h17-19,21-23,27,29,39,42H,3-16,20,24-26,28,30-38H2,1-2H3. The van der Waals surface area contributed by atoms with E-state index >= 15 is 0 Å². The van der Waals surface area contributed by atoms with Crippen molar-refractivity contribution in [3.63, 3.8) is 0 Å². The van der Waals surface area contributed by atoms with E-state index in [0.717, 1.165) is 44.9 Å². The van der Waals surface area contributed by atoms with Crippen LogP contribution < -0.4 is 0 Å². The Morgan fingerprint density at radius 1 is 0.500 bits per heavy atom. The average Bonchev–Trinajstić information content (AvgIpc) is 3.06. The molecule has 0 fully saturated rings. The van der Waals surface area contributed by atoms with E-state index in [2.05, 4.69) is 62.5 Å². The topological polar surface area (TPSA) is 72.8 Å². The Hall–Kier alpha value is -2.14. The lowest BCUT2D eigenvalue weighted by Gasteiger charge is -2.15. The smallest absolute Gasteiger partial charge is 0.306 e. The Balaban J connectivity index is 3.67. The second-order valence-corrected chi connectivity index (χ2v) is 12.6. The third-order valence-electron chi connectivity index (χ3n) is 8.10. The number of carbonyl (C=O) groups is 2. The highest BCUT2D eigenvalue weighted by Crippen LogP contribution is 2.11. The molecule has 1 unspecified atom stereocenters. The van der Waals surface area contributed by atoms with Crippen molar-refractivity contribution in [2.24, 2.45) is 0 Å². The van der Waals surface area contributed by atoms with Crippen molar-refractivity contribution >= 4 is 11.9 Å². The van der Waals surface area contributed by atoms with E-state index in [-0.39, 0.29) is 25.2 Å². The average molecular weight is 645 g/mol. The quantitative estimate of drug-likeness (QED) is 0.0429. The molecule has 46 heavy (non-hydrogen) atoms.